The number of hydrogen-bond donors (Lipinski definition) is 0. The van der Waals surface area contributed by atoms with E-state index in [0.29, 0.717) is 0 Å². The molecule has 6 rings (SSSR count). The van der Waals surface area contributed by atoms with Gasteiger partial charge in [-0.1, -0.05) is 128 Å². The van der Waals surface area contributed by atoms with Gasteiger partial charge in [0, 0.05) is 0 Å². The van der Waals surface area contributed by atoms with Gasteiger partial charge in [0.05, 0.1) is 0 Å². The van der Waals surface area contributed by atoms with Crippen molar-refractivity contribution in [1.29, 1.82) is 0 Å². The Kier molecular flexibility index (Phi) is 4.77. The van der Waals surface area contributed by atoms with Crippen LogP contribution in [0, 0.1) is 0 Å². The summed E-state index contributed by atoms with van der Waals surface area (Å²) in [7, 11) is -1.85. The lowest BCUT2D eigenvalue weighted by Gasteiger charge is -2.42. The fourth-order valence-corrected chi connectivity index (χ4v) is 11.0. The van der Waals surface area contributed by atoms with Gasteiger partial charge < -0.3 is 0 Å². The SMILES string of the molecule is c1ccc(C2=C(c3ccccc3)[Si]3(CCC3)C(c3ccccc3)=C2c2ccccc2)cc1. The van der Waals surface area contributed by atoms with Crippen LogP contribution in [0.25, 0.3) is 21.5 Å². The van der Waals surface area contributed by atoms with Gasteiger partial charge in [0.25, 0.3) is 0 Å². The molecule has 2 aliphatic heterocycles. The third-order valence-corrected chi connectivity index (χ3v) is 12.6. The Morgan fingerprint density at radius 1 is 0.375 bits per heavy atom. The highest BCUT2D eigenvalue weighted by molar-refractivity contribution is 7.16. The van der Waals surface area contributed by atoms with E-state index in [1.54, 1.807) is 10.4 Å². The van der Waals surface area contributed by atoms with Crippen LogP contribution in [0.5, 0.6) is 0 Å². The molecular weight excluding hydrogens is 400 g/mol. The number of rotatable bonds is 4. The first-order valence-electron chi connectivity index (χ1n) is 11.6. The Balaban J connectivity index is 1.75. The zero-order valence-corrected chi connectivity index (χ0v) is 19.2. The number of benzene rings is 4. The molecule has 4 aromatic carbocycles. The van der Waals surface area contributed by atoms with Gasteiger partial charge in [0.15, 0.2) is 0 Å². The van der Waals surface area contributed by atoms with Crippen LogP contribution in [0.3, 0.4) is 0 Å². The Hall–Kier alpha value is -3.42. The van der Waals surface area contributed by atoms with Crippen molar-refractivity contribution in [2.24, 2.45) is 0 Å². The average molecular weight is 427 g/mol. The summed E-state index contributed by atoms with van der Waals surface area (Å²) in [4.78, 5) is 0. The molecule has 2 heterocycles. The molecule has 0 unspecified atom stereocenters. The van der Waals surface area contributed by atoms with E-state index < -0.39 is 8.07 Å². The first-order chi connectivity index (χ1) is 15.9. The second-order valence-corrected chi connectivity index (χ2v) is 13.1. The third kappa shape index (κ3) is 2.96. The fourth-order valence-electron chi connectivity index (χ4n) is 5.72. The highest BCUT2D eigenvalue weighted by Crippen LogP contribution is 2.62. The maximum atomic E-state index is 2.34. The zero-order chi connectivity index (χ0) is 21.4. The van der Waals surface area contributed by atoms with Crippen LogP contribution in [0.15, 0.2) is 121 Å². The predicted octanol–water partition coefficient (Wildman–Crippen LogP) is 8.15. The Bertz CT molecular complexity index is 1200. The summed E-state index contributed by atoms with van der Waals surface area (Å²) in [5.41, 5.74) is 8.44. The van der Waals surface area contributed by atoms with Crippen LogP contribution in [0.2, 0.25) is 12.1 Å². The van der Waals surface area contributed by atoms with Crippen molar-refractivity contribution in [1.82, 2.24) is 0 Å². The molecule has 1 spiro atoms. The maximum absolute atomic E-state index is 2.34. The molecule has 32 heavy (non-hydrogen) atoms. The summed E-state index contributed by atoms with van der Waals surface area (Å²) in [5.74, 6) is 0. The molecule has 154 valence electrons. The summed E-state index contributed by atoms with van der Waals surface area (Å²) in [6, 6.07) is 47.3. The van der Waals surface area contributed by atoms with E-state index in [0.717, 1.165) is 0 Å². The molecule has 0 saturated carbocycles. The molecule has 0 aliphatic carbocycles. The van der Waals surface area contributed by atoms with Crippen molar-refractivity contribution >= 4 is 29.6 Å². The third-order valence-electron chi connectivity index (χ3n) is 7.16. The van der Waals surface area contributed by atoms with Gasteiger partial charge in [-0.15, -0.1) is 0 Å². The molecule has 2 aliphatic rings. The van der Waals surface area contributed by atoms with E-state index in [9.17, 15) is 0 Å². The van der Waals surface area contributed by atoms with E-state index >= 15 is 0 Å². The van der Waals surface area contributed by atoms with Crippen molar-refractivity contribution in [2.45, 2.75) is 18.5 Å². The van der Waals surface area contributed by atoms with Gasteiger partial charge in [0.2, 0.25) is 0 Å². The quantitative estimate of drug-likeness (QED) is 0.289. The lowest BCUT2D eigenvalue weighted by Crippen LogP contribution is -2.43. The first kappa shape index (κ1) is 19.3. The highest BCUT2D eigenvalue weighted by Gasteiger charge is 2.53. The van der Waals surface area contributed by atoms with Gasteiger partial charge in [-0.25, -0.2) is 0 Å². The van der Waals surface area contributed by atoms with Crippen LogP contribution in [-0.2, 0) is 0 Å². The van der Waals surface area contributed by atoms with Gasteiger partial charge in [-0.2, -0.15) is 0 Å². The molecule has 1 heteroatoms. The molecule has 0 amide bonds. The summed E-state index contributed by atoms with van der Waals surface area (Å²) >= 11 is 0. The van der Waals surface area contributed by atoms with E-state index in [1.807, 2.05) is 0 Å². The van der Waals surface area contributed by atoms with Crippen LogP contribution in [0.4, 0.5) is 0 Å². The largest absolute Gasteiger partial charge is 0.121 e. The van der Waals surface area contributed by atoms with Crippen LogP contribution < -0.4 is 0 Å². The number of allylic oxidation sites excluding steroid dienone is 2. The molecule has 0 atom stereocenters. The van der Waals surface area contributed by atoms with Gasteiger partial charge in [-0.05, 0) is 55.9 Å². The van der Waals surface area contributed by atoms with Crippen molar-refractivity contribution < 1.29 is 0 Å². The lowest BCUT2D eigenvalue weighted by atomic mass is 9.89. The lowest BCUT2D eigenvalue weighted by molar-refractivity contribution is 0.932. The predicted molar refractivity (Wildman–Crippen MR) is 139 cm³/mol. The minimum absolute atomic E-state index is 1.34. The van der Waals surface area contributed by atoms with Crippen LogP contribution >= 0.6 is 0 Å². The van der Waals surface area contributed by atoms with Crippen molar-refractivity contribution in [3.63, 3.8) is 0 Å². The summed E-state index contributed by atoms with van der Waals surface area (Å²) < 4.78 is 0. The van der Waals surface area contributed by atoms with Crippen molar-refractivity contribution in [2.75, 3.05) is 0 Å². The van der Waals surface area contributed by atoms with Crippen LogP contribution in [0.1, 0.15) is 28.7 Å². The second-order valence-electron chi connectivity index (χ2n) is 8.90. The smallest absolute Gasteiger partial charge is 0.0622 e. The Morgan fingerprint density at radius 3 is 0.969 bits per heavy atom. The van der Waals surface area contributed by atoms with Crippen LogP contribution in [-0.4, -0.2) is 8.07 Å². The Labute approximate surface area is 191 Å². The van der Waals surface area contributed by atoms with Gasteiger partial charge in [-0.3, -0.25) is 0 Å². The minimum atomic E-state index is -1.85. The standard InChI is InChI=1S/C31H26Si/c1-5-14-24(15-6-1)28-29(25-16-7-2-8-17-25)31(27-20-11-4-12-21-27)32(22-13-23-32)30(28)26-18-9-3-10-19-26/h1-12,14-21H,13,22-23H2. The minimum Gasteiger partial charge on any atom is -0.0622 e. The van der Waals surface area contributed by atoms with E-state index in [1.165, 1.54) is 51.9 Å². The second kappa shape index (κ2) is 7.92. The zero-order valence-electron chi connectivity index (χ0n) is 18.2. The van der Waals surface area contributed by atoms with Crippen molar-refractivity contribution in [3.8, 4) is 0 Å². The molecule has 0 aromatic heterocycles. The molecule has 4 aromatic rings. The summed E-state index contributed by atoms with van der Waals surface area (Å²) in [6.07, 6.45) is 1.34. The maximum Gasteiger partial charge on any atom is 0.121 e. The normalized spacial score (nSPS) is 17.0. The van der Waals surface area contributed by atoms with Crippen molar-refractivity contribution in [3.05, 3.63) is 144 Å². The molecular formula is C31H26Si. The number of hydrogen-bond acceptors (Lipinski definition) is 0. The van der Waals surface area contributed by atoms with Gasteiger partial charge >= 0.3 is 0 Å². The molecule has 0 nitrogen and oxygen atoms in total. The molecule has 0 N–H and O–H groups in total. The van der Waals surface area contributed by atoms with E-state index in [2.05, 4.69) is 121 Å². The average Bonchev–Trinajstić information content (AvgIpc) is 3.19. The highest BCUT2D eigenvalue weighted by atomic mass is 28.3. The van der Waals surface area contributed by atoms with E-state index in [4.69, 9.17) is 0 Å². The Morgan fingerprint density at radius 2 is 0.688 bits per heavy atom. The molecule has 0 bridgehead atoms. The molecule has 1 saturated heterocycles. The molecule has 1 fully saturated rings. The summed E-state index contributed by atoms with van der Waals surface area (Å²) in [6.45, 7) is 0. The summed E-state index contributed by atoms with van der Waals surface area (Å²) in [5, 5.41) is 3.29. The topological polar surface area (TPSA) is 0 Å². The monoisotopic (exact) mass is 426 g/mol. The first-order valence-corrected chi connectivity index (χ1v) is 14.0. The van der Waals surface area contributed by atoms with E-state index in [-0.39, 0.29) is 0 Å². The van der Waals surface area contributed by atoms with Gasteiger partial charge in [0.1, 0.15) is 8.07 Å². The fraction of sp³-hybridized carbons (Fsp3) is 0.0968. The molecule has 0 radical (unpaired) electrons.